The normalized spacial score (nSPS) is 15.0. The fraction of sp³-hybridized carbons (Fsp3) is 0.263. The highest BCUT2D eigenvalue weighted by Crippen LogP contribution is 2.22. The summed E-state index contributed by atoms with van der Waals surface area (Å²) < 4.78 is 0. The van der Waals surface area contributed by atoms with Gasteiger partial charge in [0.25, 0.3) is 11.8 Å². The molecule has 2 aromatic carbocycles. The van der Waals surface area contributed by atoms with Gasteiger partial charge in [0.1, 0.15) is 0 Å². The van der Waals surface area contributed by atoms with Gasteiger partial charge in [-0.25, -0.2) is 0 Å². The number of hydrogen-bond donors (Lipinski definition) is 2. The van der Waals surface area contributed by atoms with Crippen LogP contribution in [0.4, 0.5) is 0 Å². The van der Waals surface area contributed by atoms with Gasteiger partial charge in [-0.1, -0.05) is 35.3 Å². The fourth-order valence-electron chi connectivity index (χ4n) is 2.99. The van der Waals surface area contributed by atoms with E-state index < -0.39 is 0 Å². The van der Waals surface area contributed by atoms with Crippen LogP contribution in [0.1, 0.15) is 33.6 Å². The minimum absolute atomic E-state index is 0.00420. The summed E-state index contributed by atoms with van der Waals surface area (Å²) in [7, 11) is 0. The van der Waals surface area contributed by atoms with Crippen molar-refractivity contribution in [2.45, 2.75) is 23.8 Å². The van der Waals surface area contributed by atoms with Crippen LogP contribution in [0.5, 0.6) is 0 Å². The molecule has 0 radical (unpaired) electrons. The number of benzene rings is 2. The van der Waals surface area contributed by atoms with Gasteiger partial charge >= 0.3 is 0 Å². The van der Waals surface area contributed by atoms with Crippen molar-refractivity contribution in [3.63, 3.8) is 0 Å². The molecule has 0 atom stereocenters. The Morgan fingerprint density at radius 3 is 2.38 bits per heavy atom. The average molecular weight is 409 g/mol. The van der Waals surface area contributed by atoms with Crippen molar-refractivity contribution in [3.05, 3.63) is 63.6 Å². The maximum absolute atomic E-state index is 12.6. The summed E-state index contributed by atoms with van der Waals surface area (Å²) in [4.78, 5) is 27.5. The van der Waals surface area contributed by atoms with Crippen molar-refractivity contribution >= 4 is 47.6 Å². The van der Waals surface area contributed by atoms with Crippen LogP contribution >= 0.6 is 35.8 Å². The van der Waals surface area contributed by atoms with Crippen LogP contribution in [0.3, 0.4) is 0 Å². The standard InChI is InChI=1S/C19H18Cl2N2O2S/c20-12-5-6-14(16(21)11-12)18(24)22-13-7-9-23(10-8-13)19(25)15-3-1-2-4-17(15)26/h1-6,11,13,26H,7-10H2,(H,22,24). The van der Waals surface area contributed by atoms with Crippen LogP contribution in [0.15, 0.2) is 47.4 Å². The minimum Gasteiger partial charge on any atom is -0.349 e. The number of carbonyl (C=O) groups excluding carboxylic acids is 2. The highest BCUT2D eigenvalue weighted by molar-refractivity contribution is 7.80. The lowest BCUT2D eigenvalue weighted by Gasteiger charge is -2.32. The third-order valence-electron chi connectivity index (χ3n) is 4.43. The third kappa shape index (κ3) is 4.34. The van der Waals surface area contributed by atoms with Gasteiger partial charge in [0.2, 0.25) is 0 Å². The van der Waals surface area contributed by atoms with E-state index in [1.165, 1.54) is 0 Å². The largest absolute Gasteiger partial charge is 0.349 e. The first-order valence-corrected chi connectivity index (χ1v) is 9.49. The zero-order valence-corrected chi connectivity index (χ0v) is 16.3. The van der Waals surface area contributed by atoms with Crippen molar-refractivity contribution in [1.82, 2.24) is 10.2 Å². The van der Waals surface area contributed by atoms with Gasteiger partial charge in [0.15, 0.2) is 0 Å². The molecule has 1 heterocycles. The Hall–Kier alpha value is -1.69. The predicted molar refractivity (Wildman–Crippen MR) is 107 cm³/mol. The molecule has 7 heteroatoms. The number of nitrogens with one attached hydrogen (secondary N) is 1. The van der Waals surface area contributed by atoms with Gasteiger partial charge in [0.05, 0.1) is 16.1 Å². The van der Waals surface area contributed by atoms with Crippen LogP contribution in [0.2, 0.25) is 10.0 Å². The Morgan fingerprint density at radius 2 is 1.73 bits per heavy atom. The molecule has 26 heavy (non-hydrogen) atoms. The van der Waals surface area contributed by atoms with E-state index >= 15 is 0 Å². The van der Waals surface area contributed by atoms with E-state index in [4.69, 9.17) is 23.2 Å². The molecule has 1 aliphatic heterocycles. The first-order chi connectivity index (χ1) is 12.5. The zero-order chi connectivity index (χ0) is 18.7. The first-order valence-electron chi connectivity index (χ1n) is 8.29. The topological polar surface area (TPSA) is 49.4 Å². The number of halogens is 2. The molecular formula is C19H18Cl2N2O2S. The molecule has 1 saturated heterocycles. The molecule has 1 fully saturated rings. The molecule has 0 unspecified atom stereocenters. The predicted octanol–water partition coefficient (Wildman–Crippen LogP) is 4.32. The van der Waals surface area contributed by atoms with Gasteiger partial charge in [-0.2, -0.15) is 0 Å². The maximum atomic E-state index is 12.6. The van der Waals surface area contributed by atoms with E-state index in [9.17, 15) is 9.59 Å². The fourth-order valence-corrected chi connectivity index (χ4v) is 3.74. The second-order valence-electron chi connectivity index (χ2n) is 6.18. The molecule has 1 N–H and O–H groups in total. The lowest BCUT2D eigenvalue weighted by Crippen LogP contribution is -2.46. The van der Waals surface area contributed by atoms with Crippen LogP contribution < -0.4 is 5.32 Å². The lowest BCUT2D eigenvalue weighted by molar-refractivity contribution is 0.0695. The summed E-state index contributed by atoms with van der Waals surface area (Å²) in [5.74, 6) is -0.252. The van der Waals surface area contributed by atoms with Gasteiger partial charge in [0, 0.05) is 29.0 Å². The van der Waals surface area contributed by atoms with E-state index in [2.05, 4.69) is 17.9 Å². The van der Waals surface area contributed by atoms with Crippen molar-refractivity contribution in [2.75, 3.05) is 13.1 Å². The van der Waals surface area contributed by atoms with Crippen molar-refractivity contribution in [3.8, 4) is 0 Å². The number of hydrogen-bond acceptors (Lipinski definition) is 3. The van der Waals surface area contributed by atoms with Crippen molar-refractivity contribution in [2.24, 2.45) is 0 Å². The molecule has 4 nitrogen and oxygen atoms in total. The third-order valence-corrected chi connectivity index (χ3v) is 5.37. The zero-order valence-electron chi connectivity index (χ0n) is 13.9. The van der Waals surface area contributed by atoms with E-state index in [1.54, 1.807) is 35.2 Å². The Balaban J connectivity index is 1.58. The number of amides is 2. The van der Waals surface area contributed by atoms with Gasteiger partial charge in [-0.05, 0) is 43.2 Å². The number of rotatable bonds is 3. The Kier molecular flexibility index (Phi) is 6.12. The van der Waals surface area contributed by atoms with E-state index in [0.29, 0.717) is 52.0 Å². The van der Waals surface area contributed by atoms with Crippen molar-refractivity contribution in [1.29, 1.82) is 0 Å². The molecule has 2 aromatic rings. The number of thiol groups is 1. The van der Waals surface area contributed by atoms with E-state index in [1.807, 2.05) is 12.1 Å². The molecule has 0 bridgehead atoms. The number of nitrogens with zero attached hydrogens (tertiary/aromatic N) is 1. The highest BCUT2D eigenvalue weighted by atomic mass is 35.5. The maximum Gasteiger partial charge on any atom is 0.254 e. The quantitative estimate of drug-likeness (QED) is 0.742. The Morgan fingerprint density at radius 1 is 1.04 bits per heavy atom. The SMILES string of the molecule is O=C(NC1CCN(C(=O)c2ccccc2S)CC1)c1ccc(Cl)cc1Cl. The van der Waals surface area contributed by atoms with Gasteiger partial charge < -0.3 is 10.2 Å². The first kappa shape index (κ1) is 19.1. The van der Waals surface area contributed by atoms with E-state index in [0.717, 1.165) is 0 Å². The summed E-state index contributed by atoms with van der Waals surface area (Å²) in [5, 5.41) is 3.80. The lowest BCUT2D eigenvalue weighted by atomic mass is 10.0. The van der Waals surface area contributed by atoms with Crippen LogP contribution in [0, 0.1) is 0 Å². The number of carbonyl (C=O) groups is 2. The monoisotopic (exact) mass is 408 g/mol. The van der Waals surface area contributed by atoms with Crippen LogP contribution in [-0.2, 0) is 0 Å². The second-order valence-corrected chi connectivity index (χ2v) is 7.51. The number of piperidine rings is 1. The van der Waals surface area contributed by atoms with Crippen LogP contribution in [0.25, 0.3) is 0 Å². The van der Waals surface area contributed by atoms with Gasteiger partial charge in [-0.15, -0.1) is 12.6 Å². The van der Waals surface area contributed by atoms with Gasteiger partial charge in [-0.3, -0.25) is 9.59 Å². The molecule has 1 aliphatic rings. The van der Waals surface area contributed by atoms with E-state index in [-0.39, 0.29) is 17.9 Å². The summed E-state index contributed by atoms with van der Waals surface area (Å²) in [6.45, 7) is 1.17. The summed E-state index contributed by atoms with van der Waals surface area (Å²) in [6.07, 6.45) is 1.38. The highest BCUT2D eigenvalue weighted by Gasteiger charge is 2.26. The number of likely N-dealkylation sites (tertiary alicyclic amines) is 1. The smallest absolute Gasteiger partial charge is 0.254 e. The summed E-state index contributed by atoms with van der Waals surface area (Å²) in [5.41, 5.74) is 1.00. The minimum atomic E-state index is -0.225. The second kappa shape index (κ2) is 8.33. The molecule has 0 aromatic heterocycles. The Labute approximate surface area is 167 Å². The summed E-state index contributed by atoms with van der Waals surface area (Å²) >= 11 is 16.3. The molecule has 136 valence electrons. The Bertz CT molecular complexity index is 836. The molecule has 3 rings (SSSR count). The van der Waals surface area contributed by atoms with Crippen LogP contribution in [-0.4, -0.2) is 35.8 Å². The average Bonchev–Trinajstić information content (AvgIpc) is 2.62. The summed E-state index contributed by atoms with van der Waals surface area (Å²) in [6, 6.07) is 12.1. The molecule has 0 aliphatic carbocycles. The molecule has 0 spiro atoms. The molecular weight excluding hydrogens is 391 g/mol. The molecule has 2 amide bonds. The molecule has 0 saturated carbocycles. The van der Waals surface area contributed by atoms with Crippen molar-refractivity contribution < 1.29 is 9.59 Å².